The van der Waals surface area contributed by atoms with Crippen molar-refractivity contribution in [2.75, 3.05) is 12.4 Å². The number of Topliss-reactive ketones (excluding diaryl/α,β-unsaturated/α-hetero) is 3. The normalized spacial score (nSPS) is 16.8. The van der Waals surface area contributed by atoms with Crippen LogP contribution in [0.15, 0.2) is 36.4 Å². The van der Waals surface area contributed by atoms with E-state index in [4.69, 9.17) is 4.74 Å². The molecule has 0 aliphatic heterocycles. The van der Waals surface area contributed by atoms with Gasteiger partial charge in [-0.15, -0.1) is 31.7 Å². The fraction of sp³-hybridized carbons (Fsp3) is 0.412. The number of nitrogens with one attached hydrogen (secondary N) is 1. The first-order chi connectivity index (χ1) is 22.3. The Hall–Kier alpha value is -4.16. The molecule has 2 atom stereocenters. The number of hydrogen-bond acceptors (Lipinski definition) is 11. The number of carbonyl (C=O) groups is 4. The van der Waals surface area contributed by atoms with E-state index in [2.05, 4.69) is 38.7 Å². The number of amides is 1. The van der Waals surface area contributed by atoms with Crippen LogP contribution in [0.3, 0.4) is 0 Å². The lowest BCUT2D eigenvalue weighted by Gasteiger charge is -2.11. The molecular weight excluding hydrogens is 623 g/mol. The van der Waals surface area contributed by atoms with Crippen LogP contribution in [0, 0.1) is 0 Å². The van der Waals surface area contributed by atoms with Crippen LogP contribution < -0.4 is 10.1 Å². The smallest absolute Gasteiger partial charge is 0.226 e. The summed E-state index contributed by atoms with van der Waals surface area (Å²) < 4.78 is 5.29. The predicted molar refractivity (Wildman–Crippen MR) is 175 cm³/mol. The molecule has 1 N–H and O–H groups in total. The number of ether oxygens (including phenoxy) is 1. The lowest BCUT2D eigenvalue weighted by Crippen LogP contribution is -2.14. The van der Waals surface area contributed by atoms with Crippen LogP contribution in [-0.4, -0.2) is 50.8 Å². The van der Waals surface area contributed by atoms with Gasteiger partial charge in [-0.2, -0.15) is 0 Å². The third-order valence-electron chi connectivity index (χ3n) is 8.63. The van der Waals surface area contributed by atoms with Gasteiger partial charge in [0.1, 0.15) is 26.6 Å². The van der Waals surface area contributed by atoms with E-state index in [1.807, 2.05) is 18.2 Å². The number of benzene rings is 2. The van der Waals surface area contributed by atoms with E-state index in [1.165, 1.54) is 28.2 Å². The van der Waals surface area contributed by atoms with Crippen molar-refractivity contribution >= 4 is 51.1 Å². The second-order valence-electron chi connectivity index (χ2n) is 11.8. The van der Waals surface area contributed by atoms with Crippen molar-refractivity contribution in [2.24, 2.45) is 0 Å². The zero-order chi connectivity index (χ0) is 32.2. The summed E-state index contributed by atoms with van der Waals surface area (Å²) in [6.07, 6.45) is 5.59. The molecule has 0 fully saturated rings. The molecule has 6 rings (SSSR count). The number of anilines is 1. The van der Waals surface area contributed by atoms with E-state index in [9.17, 15) is 19.2 Å². The molecule has 1 amide bonds. The second-order valence-corrected chi connectivity index (χ2v) is 14.1. The van der Waals surface area contributed by atoms with Crippen LogP contribution in [0.2, 0.25) is 0 Å². The Morgan fingerprint density at radius 3 is 2.17 bits per heavy atom. The van der Waals surface area contributed by atoms with Crippen molar-refractivity contribution in [3.63, 3.8) is 0 Å². The number of ketones is 3. The fourth-order valence-electron chi connectivity index (χ4n) is 6.26. The first-order valence-corrected chi connectivity index (χ1v) is 17.2. The fourth-order valence-corrected chi connectivity index (χ4v) is 7.98. The summed E-state index contributed by atoms with van der Waals surface area (Å²) in [5, 5.41) is 22.6. The van der Waals surface area contributed by atoms with Crippen molar-refractivity contribution in [3.8, 4) is 5.75 Å². The zero-order valence-electron chi connectivity index (χ0n) is 25.8. The van der Waals surface area contributed by atoms with Gasteiger partial charge < -0.3 is 10.1 Å². The zero-order valence-corrected chi connectivity index (χ0v) is 27.5. The van der Waals surface area contributed by atoms with E-state index < -0.39 is 0 Å². The minimum atomic E-state index is -0.200. The Balaban J connectivity index is 0.920. The maximum absolute atomic E-state index is 12.9. The maximum atomic E-state index is 12.9. The Bertz CT molecular complexity index is 1670. The molecule has 2 aliphatic carbocycles. The molecule has 10 nitrogen and oxygen atoms in total. The highest BCUT2D eigenvalue weighted by molar-refractivity contribution is 7.15. The standard InChI is InChI=1S/C34H35N5O5S2/c1-3-19-8-10-24-26(12-19)20(14-28(24)41)13-22(40)17-33-38-36-31(45-33)6-4-5-7-32-37-39-34(46-32)35-30(43)16-21-15-29(42)25-11-9-23(44-2)18-27(21)25/h8-12,18,20-21H,3-7,13-17H2,1-2H3,(H,35,39,43). The topological polar surface area (TPSA) is 141 Å². The summed E-state index contributed by atoms with van der Waals surface area (Å²) in [4.78, 5) is 50.4. The Morgan fingerprint density at radius 2 is 1.46 bits per heavy atom. The molecule has 2 unspecified atom stereocenters. The second kappa shape index (κ2) is 14.1. The minimum Gasteiger partial charge on any atom is -0.497 e. The van der Waals surface area contributed by atoms with Crippen LogP contribution >= 0.6 is 22.7 Å². The Morgan fingerprint density at radius 1 is 0.826 bits per heavy atom. The number of aromatic nitrogens is 4. The summed E-state index contributed by atoms with van der Waals surface area (Å²) in [5.41, 5.74) is 4.46. The van der Waals surface area contributed by atoms with Gasteiger partial charge in [-0.1, -0.05) is 36.5 Å². The molecule has 0 bridgehead atoms. The SMILES string of the molecule is CCc1ccc2c(c1)C(CC(=O)Cc1nnc(CCCCc3nnc(NC(=O)CC4CC(=O)c5ccc(OC)cc54)s3)s1)CC2=O. The molecule has 0 saturated heterocycles. The molecule has 2 aromatic carbocycles. The first-order valence-electron chi connectivity index (χ1n) is 15.6. The monoisotopic (exact) mass is 657 g/mol. The molecule has 0 spiro atoms. The van der Waals surface area contributed by atoms with Gasteiger partial charge in [0.15, 0.2) is 11.6 Å². The first kappa shape index (κ1) is 31.8. The largest absolute Gasteiger partial charge is 0.497 e. The van der Waals surface area contributed by atoms with Gasteiger partial charge in [-0.05, 0) is 60.1 Å². The van der Waals surface area contributed by atoms with E-state index in [0.29, 0.717) is 40.7 Å². The molecule has 238 valence electrons. The summed E-state index contributed by atoms with van der Waals surface area (Å²) in [7, 11) is 1.58. The van der Waals surface area contributed by atoms with Crippen molar-refractivity contribution in [1.29, 1.82) is 0 Å². The molecular formula is C34H35N5O5S2. The number of methoxy groups -OCH3 is 1. The number of unbranched alkanes of at least 4 members (excludes halogenated alkanes) is 1. The third-order valence-corrected chi connectivity index (χ3v) is 10.5. The number of rotatable bonds is 14. The van der Waals surface area contributed by atoms with E-state index >= 15 is 0 Å². The Labute approximate surface area is 275 Å². The number of fused-ring (bicyclic) bond motifs is 2. The maximum Gasteiger partial charge on any atom is 0.226 e. The average molecular weight is 658 g/mol. The van der Waals surface area contributed by atoms with Crippen LogP contribution in [-0.2, 0) is 35.3 Å². The number of nitrogens with zero attached hydrogens (tertiary/aromatic N) is 4. The van der Waals surface area contributed by atoms with Crippen LogP contribution in [0.5, 0.6) is 5.75 Å². The molecule has 2 aromatic heterocycles. The molecule has 46 heavy (non-hydrogen) atoms. The van der Waals surface area contributed by atoms with Gasteiger partial charge in [-0.3, -0.25) is 19.2 Å². The summed E-state index contributed by atoms with van der Waals surface area (Å²) in [6.45, 7) is 2.09. The lowest BCUT2D eigenvalue weighted by molar-refractivity contribution is -0.119. The van der Waals surface area contributed by atoms with E-state index in [0.717, 1.165) is 58.8 Å². The molecule has 0 radical (unpaired) electrons. The summed E-state index contributed by atoms with van der Waals surface area (Å²) in [6, 6.07) is 11.3. The van der Waals surface area contributed by atoms with Crippen LogP contribution in [0.1, 0.15) is 110 Å². The third kappa shape index (κ3) is 7.28. The Kier molecular flexibility index (Phi) is 9.74. The average Bonchev–Trinajstić information content (AvgIpc) is 3.82. The van der Waals surface area contributed by atoms with Gasteiger partial charge in [0.25, 0.3) is 0 Å². The van der Waals surface area contributed by atoms with Gasteiger partial charge in [0, 0.05) is 55.6 Å². The van der Waals surface area contributed by atoms with Crippen LogP contribution in [0.4, 0.5) is 5.13 Å². The van der Waals surface area contributed by atoms with E-state index in [1.54, 1.807) is 19.2 Å². The minimum absolute atomic E-state index is 0.0434. The van der Waals surface area contributed by atoms with Crippen molar-refractivity contribution in [1.82, 2.24) is 20.4 Å². The number of hydrogen-bond donors (Lipinski definition) is 1. The van der Waals surface area contributed by atoms with E-state index in [-0.39, 0.29) is 47.9 Å². The highest BCUT2D eigenvalue weighted by Gasteiger charge is 2.32. The number of aryl methyl sites for hydroxylation is 3. The molecule has 2 aliphatic rings. The van der Waals surface area contributed by atoms with Crippen molar-refractivity contribution in [2.45, 2.75) is 83.0 Å². The van der Waals surface area contributed by atoms with Crippen molar-refractivity contribution in [3.05, 3.63) is 79.2 Å². The summed E-state index contributed by atoms with van der Waals surface area (Å²) in [5.74, 6) is 0.471. The highest BCUT2D eigenvalue weighted by Crippen LogP contribution is 2.38. The quantitative estimate of drug-likeness (QED) is 0.159. The van der Waals surface area contributed by atoms with Crippen molar-refractivity contribution < 1.29 is 23.9 Å². The molecule has 4 aromatic rings. The van der Waals surface area contributed by atoms with Gasteiger partial charge in [0.2, 0.25) is 11.0 Å². The lowest BCUT2D eigenvalue weighted by atomic mass is 9.93. The molecule has 0 saturated carbocycles. The van der Waals surface area contributed by atoms with Gasteiger partial charge in [-0.25, -0.2) is 0 Å². The number of carbonyl (C=O) groups excluding carboxylic acids is 4. The van der Waals surface area contributed by atoms with Gasteiger partial charge in [0.05, 0.1) is 13.5 Å². The highest BCUT2D eigenvalue weighted by atomic mass is 32.1. The predicted octanol–water partition coefficient (Wildman–Crippen LogP) is 6.10. The van der Waals surface area contributed by atoms with Crippen LogP contribution in [0.25, 0.3) is 0 Å². The molecule has 2 heterocycles. The van der Waals surface area contributed by atoms with Gasteiger partial charge >= 0.3 is 0 Å². The molecule has 12 heteroatoms. The summed E-state index contributed by atoms with van der Waals surface area (Å²) >= 11 is 2.82.